The smallest absolute Gasteiger partial charge is 0.306 e. The number of hydrogen-bond acceptors (Lipinski definition) is 3. The van der Waals surface area contributed by atoms with Crippen LogP contribution in [-0.4, -0.2) is 34.2 Å². The molecule has 3 aliphatic rings. The number of fused-ring (bicyclic) bond motifs is 3. The zero-order chi connectivity index (χ0) is 22.4. The van der Waals surface area contributed by atoms with Crippen LogP contribution < -0.4 is 4.74 Å². The van der Waals surface area contributed by atoms with Gasteiger partial charge in [-0.2, -0.15) is 0 Å². The van der Waals surface area contributed by atoms with Crippen molar-refractivity contribution < 1.29 is 14.6 Å². The molecule has 2 aromatic rings. The van der Waals surface area contributed by atoms with Crippen LogP contribution in [0, 0.1) is 11.8 Å². The van der Waals surface area contributed by atoms with Crippen LogP contribution >= 0.6 is 11.6 Å². The molecule has 0 spiro atoms. The highest BCUT2D eigenvalue weighted by Crippen LogP contribution is 2.44. The molecule has 1 aliphatic carbocycles. The van der Waals surface area contributed by atoms with E-state index < -0.39 is 5.97 Å². The number of carboxylic acids is 1. The summed E-state index contributed by atoms with van der Waals surface area (Å²) in [6, 6.07) is 11.7. The number of nitrogens with zero attached hydrogens (tertiary/aromatic N) is 1. The molecule has 1 saturated carbocycles. The molecule has 0 aromatic heterocycles. The first-order valence-electron chi connectivity index (χ1n) is 12.3. The maximum atomic E-state index is 11.5. The van der Waals surface area contributed by atoms with E-state index in [1.807, 2.05) is 6.07 Å². The van der Waals surface area contributed by atoms with E-state index in [9.17, 15) is 9.90 Å². The lowest BCUT2D eigenvalue weighted by Crippen LogP contribution is -2.45. The maximum Gasteiger partial charge on any atom is 0.306 e. The van der Waals surface area contributed by atoms with Gasteiger partial charge in [0.15, 0.2) is 0 Å². The van der Waals surface area contributed by atoms with Gasteiger partial charge in [0.2, 0.25) is 0 Å². The average molecular weight is 456 g/mol. The lowest BCUT2D eigenvalue weighted by molar-refractivity contribution is -0.144. The van der Waals surface area contributed by atoms with Crippen molar-refractivity contribution in [3.8, 4) is 5.75 Å². The molecule has 2 bridgehead atoms. The molecule has 2 heterocycles. The standard InChI is InChI=1S/C27H34ClNO3/c1-16-3-9-23(10-4-16)32-25-12-6-19-13-18(5-11-24(19)26(25)28)17(2)29-21-7-8-22(29)15-20(14-21)27(30)31/h5-6,11-13,16-17,20-23H,3-4,7-10,14-15H2,1-2H3,(H,30,31)/t16?,17-,20?,21?,22?,23?/m1/s1. The number of carboxylic acid groups (broad SMARTS) is 1. The Morgan fingerprint density at radius 2 is 1.75 bits per heavy atom. The molecule has 3 atom stereocenters. The Kier molecular flexibility index (Phi) is 6.11. The zero-order valence-corrected chi connectivity index (χ0v) is 19.9. The molecule has 0 radical (unpaired) electrons. The van der Waals surface area contributed by atoms with Crippen molar-refractivity contribution in [2.75, 3.05) is 0 Å². The Morgan fingerprint density at radius 3 is 2.41 bits per heavy atom. The summed E-state index contributed by atoms with van der Waals surface area (Å²) < 4.78 is 6.29. The molecule has 32 heavy (non-hydrogen) atoms. The minimum atomic E-state index is -0.629. The third-order valence-electron chi connectivity index (χ3n) is 8.27. The van der Waals surface area contributed by atoms with Gasteiger partial charge in [-0.3, -0.25) is 9.69 Å². The number of hydrogen-bond donors (Lipinski definition) is 1. The highest BCUT2D eigenvalue weighted by Gasteiger charge is 2.45. The molecule has 4 nitrogen and oxygen atoms in total. The first kappa shape index (κ1) is 22.0. The summed E-state index contributed by atoms with van der Waals surface area (Å²) in [5, 5.41) is 12.4. The van der Waals surface area contributed by atoms with Gasteiger partial charge in [-0.05, 0) is 87.3 Å². The number of ether oxygens (including phenoxy) is 1. The Hall–Kier alpha value is -1.78. The quantitative estimate of drug-likeness (QED) is 0.536. The van der Waals surface area contributed by atoms with Gasteiger partial charge < -0.3 is 9.84 Å². The van der Waals surface area contributed by atoms with Crippen molar-refractivity contribution >= 4 is 28.3 Å². The van der Waals surface area contributed by atoms with E-state index in [0.717, 1.165) is 61.0 Å². The van der Waals surface area contributed by atoms with Crippen molar-refractivity contribution in [3.05, 3.63) is 40.9 Å². The second-order valence-corrected chi connectivity index (χ2v) is 10.8. The minimum absolute atomic E-state index is 0.183. The van der Waals surface area contributed by atoms with Gasteiger partial charge in [0.1, 0.15) is 5.75 Å². The van der Waals surface area contributed by atoms with Crippen molar-refractivity contribution in [2.45, 2.75) is 89.4 Å². The summed E-state index contributed by atoms with van der Waals surface area (Å²) in [4.78, 5) is 14.1. The van der Waals surface area contributed by atoms with E-state index in [4.69, 9.17) is 16.3 Å². The third kappa shape index (κ3) is 4.12. The lowest BCUT2D eigenvalue weighted by atomic mass is 9.88. The van der Waals surface area contributed by atoms with Crippen molar-refractivity contribution in [1.82, 2.24) is 4.90 Å². The molecular weight excluding hydrogens is 422 g/mol. The number of aliphatic carboxylic acids is 1. The molecule has 172 valence electrons. The van der Waals surface area contributed by atoms with Gasteiger partial charge in [0.05, 0.1) is 17.0 Å². The Bertz CT molecular complexity index is 986. The van der Waals surface area contributed by atoms with Crippen LogP contribution in [0.5, 0.6) is 5.75 Å². The fourth-order valence-electron chi connectivity index (χ4n) is 6.39. The first-order chi connectivity index (χ1) is 15.4. The second kappa shape index (κ2) is 8.87. The molecule has 5 heteroatoms. The van der Waals surface area contributed by atoms with Crippen LogP contribution in [0.25, 0.3) is 10.8 Å². The van der Waals surface area contributed by atoms with Gasteiger partial charge in [-0.15, -0.1) is 0 Å². The Labute approximate surface area is 195 Å². The van der Waals surface area contributed by atoms with Gasteiger partial charge in [-0.1, -0.05) is 36.7 Å². The van der Waals surface area contributed by atoms with Gasteiger partial charge >= 0.3 is 5.97 Å². The topological polar surface area (TPSA) is 49.8 Å². The fraction of sp³-hybridized carbons (Fsp3) is 0.593. The van der Waals surface area contributed by atoms with E-state index in [2.05, 4.69) is 43.0 Å². The van der Waals surface area contributed by atoms with Crippen molar-refractivity contribution in [3.63, 3.8) is 0 Å². The summed E-state index contributed by atoms with van der Waals surface area (Å²) in [5.41, 5.74) is 1.27. The number of carbonyl (C=O) groups is 1. The molecule has 3 fully saturated rings. The third-order valence-corrected chi connectivity index (χ3v) is 8.66. The molecular formula is C27H34ClNO3. The van der Waals surface area contributed by atoms with Crippen LogP contribution in [0.1, 0.15) is 76.8 Å². The van der Waals surface area contributed by atoms with Gasteiger partial charge in [0.25, 0.3) is 0 Å². The highest BCUT2D eigenvalue weighted by molar-refractivity contribution is 6.37. The van der Waals surface area contributed by atoms with Crippen LogP contribution in [0.2, 0.25) is 5.02 Å². The SMILES string of the molecule is CC1CCC(Oc2ccc3cc([C@@H](C)N4C5CCC4CC(C(=O)O)C5)ccc3c2Cl)CC1. The highest BCUT2D eigenvalue weighted by atomic mass is 35.5. The molecule has 0 amide bonds. The van der Waals surface area contributed by atoms with E-state index in [0.29, 0.717) is 17.1 Å². The monoisotopic (exact) mass is 455 g/mol. The number of halogens is 1. The van der Waals surface area contributed by atoms with E-state index in [1.54, 1.807) is 0 Å². The predicted molar refractivity (Wildman–Crippen MR) is 128 cm³/mol. The van der Waals surface area contributed by atoms with Crippen LogP contribution in [0.3, 0.4) is 0 Å². The van der Waals surface area contributed by atoms with Crippen molar-refractivity contribution in [2.24, 2.45) is 11.8 Å². The van der Waals surface area contributed by atoms with Gasteiger partial charge in [-0.25, -0.2) is 0 Å². The summed E-state index contributed by atoms with van der Waals surface area (Å²) >= 11 is 6.78. The normalized spacial score (nSPS) is 31.5. The van der Waals surface area contributed by atoms with Crippen LogP contribution in [0.15, 0.2) is 30.3 Å². The summed E-state index contributed by atoms with van der Waals surface area (Å²) in [6.45, 7) is 4.58. The van der Waals surface area contributed by atoms with Gasteiger partial charge in [0, 0.05) is 23.5 Å². The largest absolute Gasteiger partial charge is 0.489 e. The summed E-state index contributed by atoms with van der Waals surface area (Å²) in [5.74, 6) is 0.785. The van der Waals surface area contributed by atoms with E-state index in [1.165, 1.54) is 18.4 Å². The average Bonchev–Trinajstić information content (AvgIpc) is 3.05. The van der Waals surface area contributed by atoms with Crippen LogP contribution in [0.4, 0.5) is 0 Å². The Morgan fingerprint density at radius 1 is 1.06 bits per heavy atom. The van der Waals surface area contributed by atoms with E-state index >= 15 is 0 Å². The predicted octanol–water partition coefficient (Wildman–Crippen LogP) is 6.84. The lowest BCUT2D eigenvalue weighted by Gasteiger charge is -2.41. The molecule has 2 aromatic carbocycles. The fourth-order valence-corrected chi connectivity index (χ4v) is 6.67. The first-order valence-corrected chi connectivity index (χ1v) is 12.7. The summed E-state index contributed by atoms with van der Waals surface area (Å²) in [6.07, 6.45) is 8.69. The number of rotatable bonds is 5. The second-order valence-electron chi connectivity index (χ2n) is 10.4. The number of benzene rings is 2. The van der Waals surface area contributed by atoms with Crippen molar-refractivity contribution in [1.29, 1.82) is 0 Å². The van der Waals surface area contributed by atoms with E-state index in [-0.39, 0.29) is 18.1 Å². The zero-order valence-electron chi connectivity index (χ0n) is 19.1. The summed E-state index contributed by atoms with van der Waals surface area (Å²) in [7, 11) is 0. The molecule has 1 N–H and O–H groups in total. The molecule has 5 rings (SSSR count). The van der Waals surface area contributed by atoms with Crippen LogP contribution in [-0.2, 0) is 4.79 Å². The minimum Gasteiger partial charge on any atom is -0.489 e. The Balaban J connectivity index is 1.34. The maximum absolute atomic E-state index is 11.5. The molecule has 2 aliphatic heterocycles. The number of piperidine rings is 1. The molecule has 2 saturated heterocycles. The molecule has 2 unspecified atom stereocenters.